The van der Waals surface area contributed by atoms with Crippen LogP contribution < -0.4 is 10.0 Å². The molecule has 0 amide bonds. The van der Waals surface area contributed by atoms with Gasteiger partial charge in [-0.3, -0.25) is 0 Å². The Labute approximate surface area is 138 Å². The molecule has 0 spiro atoms. The topological polar surface area (TPSA) is 49.7 Å². The lowest BCUT2D eigenvalue weighted by Gasteiger charge is -2.18. The van der Waals surface area contributed by atoms with Crippen molar-refractivity contribution in [3.63, 3.8) is 0 Å². The monoisotopic (exact) mass is 362 g/mol. The SMILES string of the molecule is CCOc1c(-c2ccc(Cl)cc2Cl)cccc1P(O)(O)=S. The van der Waals surface area contributed by atoms with Crippen molar-refractivity contribution in [2.75, 3.05) is 6.61 Å². The van der Waals surface area contributed by atoms with Crippen LogP contribution in [-0.2, 0) is 11.8 Å². The first-order chi connectivity index (χ1) is 9.84. The minimum atomic E-state index is -3.62. The lowest BCUT2D eigenvalue weighted by atomic mass is 10.0. The van der Waals surface area contributed by atoms with Crippen molar-refractivity contribution >= 4 is 46.8 Å². The molecule has 0 atom stereocenters. The molecule has 0 aliphatic carbocycles. The van der Waals surface area contributed by atoms with Crippen LogP contribution in [0.1, 0.15) is 6.92 Å². The van der Waals surface area contributed by atoms with Crippen LogP contribution in [0.3, 0.4) is 0 Å². The lowest BCUT2D eigenvalue weighted by molar-refractivity contribution is 0.343. The van der Waals surface area contributed by atoms with Gasteiger partial charge in [0.15, 0.2) is 0 Å². The van der Waals surface area contributed by atoms with Crippen molar-refractivity contribution in [2.24, 2.45) is 0 Å². The minimum Gasteiger partial charge on any atom is -0.492 e. The van der Waals surface area contributed by atoms with Crippen molar-refractivity contribution < 1.29 is 14.5 Å². The summed E-state index contributed by atoms with van der Waals surface area (Å²) in [5.74, 6) is 0.345. The highest BCUT2D eigenvalue weighted by Gasteiger charge is 2.22. The molecular weight excluding hydrogens is 350 g/mol. The first kappa shape index (κ1) is 16.8. The maximum Gasteiger partial charge on any atom is 0.218 e. The van der Waals surface area contributed by atoms with E-state index in [4.69, 9.17) is 39.7 Å². The molecule has 0 aliphatic rings. The molecule has 0 aromatic heterocycles. The van der Waals surface area contributed by atoms with E-state index in [0.29, 0.717) is 33.5 Å². The van der Waals surface area contributed by atoms with Crippen LogP contribution in [0.15, 0.2) is 36.4 Å². The summed E-state index contributed by atoms with van der Waals surface area (Å²) in [6.07, 6.45) is 0. The van der Waals surface area contributed by atoms with E-state index in [1.807, 2.05) is 6.92 Å². The summed E-state index contributed by atoms with van der Waals surface area (Å²) in [4.78, 5) is 19.7. The van der Waals surface area contributed by atoms with Gasteiger partial charge in [-0.25, -0.2) is 0 Å². The van der Waals surface area contributed by atoms with E-state index >= 15 is 0 Å². The third-order valence-electron chi connectivity index (χ3n) is 2.82. The van der Waals surface area contributed by atoms with Crippen LogP contribution in [0, 0.1) is 0 Å². The Morgan fingerprint density at radius 3 is 2.43 bits per heavy atom. The largest absolute Gasteiger partial charge is 0.492 e. The predicted molar refractivity (Wildman–Crippen MR) is 91.4 cm³/mol. The number of rotatable bonds is 4. The number of hydrogen-bond acceptors (Lipinski definition) is 2. The van der Waals surface area contributed by atoms with Gasteiger partial charge in [0.25, 0.3) is 0 Å². The summed E-state index contributed by atoms with van der Waals surface area (Å²) >= 11 is 16.9. The molecule has 0 bridgehead atoms. The summed E-state index contributed by atoms with van der Waals surface area (Å²) in [5, 5.41) is 1.18. The van der Waals surface area contributed by atoms with Crippen molar-refractivity contribution in [1.82, 2.24) is 0 Å². The van der Waals surface area contributed by atoms with Crippen molar-refractivity contribution in [3.05, 3.63) is 46.4 Å². The second-order valence-electron chi connectivity index (χ2n) is 4.26. The van der Waals surface area contributed by atoms with Gasteiger partial charge in [0.1, 0.15) is 5.75 Å². The van der Waals surface area contributed by atoms with Crippen LogP contribution in [0.25, 0.3) is 11.1 Å². The summed E-state index contributed by atoms with van der Waals surface area (Å²) < 4.78 is 5.58. The Morgan fingerprint density at radius 2 is 1.86 bits per heavy atom. The summed E-state index contributed by atoms with van der Waals surface area (Å²) in [7, 11) is 0. The molecule has 0 saturated heterocycles. The van der Waals surface area contributed by atoms with E-state index in [-0.39, 0.29) is 5.30 Å². The molecule has 0 fully saturated rings. The van der Waals surface area contributed by atoms with Crippen molar-refractivity contribution in [1.29, 1.82) is 0 Å². The maximum atomic E-state index is 9.83. The zero-order valence-electron chi connectivity index (χ0n) is 11.1. The average molecular weight is 363 g/mol. The second-order valence-corrected chi connectivity index (χ2v) is 8.20. The highest BCUT2D eigenvalue weighted by atomic mass is 35.5. The van der Waals surface area contributed by atoms with Gasteiger partial charge in [-0.2, -0.15) is 0 Å². The van der Waals surface area contributed by atoms with E-state index in [2.05, 4.69) is 0 Å². The van der Waals surface area contributed by atoms with Gasteiger partial charge in [-0.05, 0) is 36.9 Å². The molecule has 0 radical (unpaired) electrons. The first-order valence-corrected chi connectivity index (χ1v) is 9.58. The molecule has 0 aliphatic heterocycles. The minimum absolute atomic E-state index is 0.211. The Morgan fingerprint density at radius 1 is 1.14 bits per heavy atom. The van der Waals surface area contributed by atoms with Crippen LogP contribution in [-0.4, -0.2) is 16.4 Å². The summed E-state index contributed by atoms with van der Waals surface area (Å²) in [6, 6.07) is 10.1. The molecule has 2 aromatic carbocycles. The van der Waals surface area contributed by atoms with Crippen LogP contribution in [0.5, 0.6) is 5.75 Å². The van der Waals surface area contributed by atoms with Crippen molar-refractivity contribution in [2.45, 2.75) is 6.92 Å². The molecule has 2 aromatic rings. The van der Waals surface area contributed by atoms with Gasteiger partial charge in [0, 0.05) is 16.1 Å². The van der Waals surface area contributed by atoms with Crippen LogP contribution >= 0.6 is 29.7 Å². The molecular formula is C14H13Cl2O3PS. The van der Waals surface area contributed by atoms with E-state index in [1.165, 1.54) is 0 Å². The number of halogens is 2. The van der Waals surface area contributed by atoms with E-state index in [0.717, 1.165) is 0 Å². The summed E-state index contributed by atoms with van der Waals surface area (Å²) in [6.45, 7) is -1.44. The second kappa shape index (κ2) is 6.66. The third-order valence-corrected chi connectivity index (χ3v) is 4.94. The Bertz CT molecular complexity index is 715. The van der Waals surface area contributed by atoms with E-state index < -0.39 is 6.49 Å². The molecule has 2 rings (SSSR count). The summed E-state index contributed by atoms with van der Waals surface area (Å²) in [5.41, 5.74) is 1.34. The molecule has 112 valence electrons. The fraction of sp³-hybridized carbons (Fsp3) is 0.143. The standard InChI is InChI=1S/C14H13Cl2O3PS/c1-2-19-14-11(4-3-5-13(14)20(17,18)21)10-7-6-9(15)8-12(10)16/h3-8H,2H2,1H3,(H2,17,18,21). The number of hydrogen-bond donors (Lipinski definition) is 2. The number of ether oxygens (including phenoxy) is 1. The fourth-order valence-electron chi connectivity index (χ4n) is 1.97. The van der Waals surface area contributed by atoms with Crippen LogP contribution in [0.4, 0.5) is 0 Å². The fourth-order valence-corrected chi connectivity index (χ4v) is 3.64. The smallest absolute Gasteiger partial charge is 0.218 e. The highest BCUT2D eigenvalue weighted by molar-refractivity contribution is 8.12. The highest BCUT2D eigenvalue weighted by Crippen LogP contribution is 2.43. The van der Waals surface area contributed by atoms with E-state index in [1.54, 1.807) is 36.4 Å². The molecule has 0 unspecified atom stereocenters. The lowest BCUT2D eigenvalue weighted by Crippen LogP contribution is -2.11. The normalized spacial score (nSPS) is 11.5. The Hall–Kier alpha value is -0.610. The molecule has 7 heteroatoms. The zero-order valence-corrected chi connectivity index (χ0v) is 14.3. The van der Waals surface area contributed by atoms with Gasteiger partial charge in [0.05, 0.1) is 16.9 Å². The zero-order chi connectivity index (χ0) is 15.6. The van der Waals surface area contributed by atoms with Gasteiger partial charge in [-0.15, -0.1) is 0 Å². The Kier molecular flexibility index (Phi) is 5.31. The van der Waals surface area contributed by atoms with Crippen molar-refractivity contribution in [3.8, 4) is 16.9 Å². The molecule has 0 heterocycles. The average Bonchev–Trinajstić information content (AvgIpc) is 2.38. The first-order valence-electron chi connectivity index (χ1n) is 6.12. The van der Waals surface area contributed by atoms with Gasteiger partial charge >= 0.3 is 0 Å². The van der Waals surface area contributed by atoms with Gasteiger partial charge in [-0.1, -0.05) is 41.4 Å². The molecule has 0 saturated carbocycles. The molecule has 3 nitrogen and oxygen atoms in total. The van der Waals surface area contributed by atoms with Gasteiger partial charge < -0.3 is 14.5 Å². The number of benzene rings is 2. The maximum absolute atomic E-state index is 9.83. The molecule has 2 N–H and O–H groups in total. The number of para-hydroxylation sites is 1. The predicted octanol–water partition coefficient (Wildman–Crippen LogP) is 3.98. The quantitative estimate of drug-likeness (QED) is 0.807. The van der Waals surface area contributed by atoms with Gasteiger partial charge in [0.2, 0.25) is 6.49 Å². The molecule has 21 heavy (non-hydrogen) atoms. The Balaban J connectivity index is 2.71. The van der Waals surface area contributed by atoms with E-state index in [9.17, 15) is 9.79 Å². The van der Waals surface area contributed by atoms with Crippen LogP contribution in [0.2, 0.25) is 10.0 Å². The third kappa shape index (κ3) is 3.78.